The van der Waals surface area contributed by atoms with Crippen LogP contribution in [0.3, 0.4) is 0 Å². The third-order valence-corrected chi connectivity index (χ3v) is 5.38. The molecule has 0 amide bonds. The predicted molar refractivity (Wildman–Crippen MR) is 75.2 cm³/mol. The molecule has 1 saturated heterocycles. The van der Waals surface area contributed by atoms with Crippen LogP contribution in [0.25, 0.3) is 0 Å². The molecule has 0 aliphatic carbocycles. The van der Waals surface area contributed by atoms with Crippen LogP contribution >= 0.6 is 0 Å². The molecule has 2 rings (SSSR count). The molecule has 0 bridgehead atoms. The molecule has 4 nitrogen and oxygen atoms in total. The molecule has 1 aliphatic heterocycles. The average Bonchev–Trinajstić information content (AvgIpc) is 2.38. The number of hydrogen-bond acceptors (Lipinski definition) is 3. The van der Waals surface area contributed by atoms with Crippen LogP contribution in [0.15, 0.2) is 24.3 Å². The Hall–Kier alpha value is -0.910. The Morgan fingerprint density at radius 1 is 1.42 bits per heavy atom. The molecule has 0 spiro atoms. The standard InChI is InChI=1S/C14H21NO3S/c1-12-4-2-5-13(8-12)11-19(17,18)15-7-3-6-14(9-15)10-16/h2,4-5,8,14,16H,3,6-7,9-11H2,1H3. The van der Waals surface area contributed by atoms with Crippen LogP contribution in [0.4, 0.5) is 0 Å². The van der Waals surface area contributed by atoms with Crippen molar-refractivity contribution in [1.82, 2.24) is 4.31 Å². The Morgan fingerprint density at radius 2 is 2.21 bits per heavy atom. The van der Waals surface area contributed by atoms with Crippen molar-refractivity contribution in [2.75, 3.05) is 19.7 Å². The number of rotatable bonds is 4. The number of benzene rings is 1. The van der Waals surface area contributed by atoms with E-state index in [4.69, 9.17) is 0 Å². The second-order valence-corrected chi connectivity index (χ2v) is 7.26. The molecule has 106 valence electrons. The summed E-state index contributed by atoms with van der Waals surface area (Å²) in [7, 11) is -3.27. The number of sulfonamides is 1. The molecule has 0 saturated carbocycles. The Kier molecular flexibility index (Phi) is 4.60. The van der Waals surface area contributed by atoms with E-state index in [9.17, 15) is 13.5 Å². The van der Waals surface area contributed by atoms with Crippen molar-refractivity contribution in [1.29, 1.82) is 0 Å². The second kappa shape index (κ2) is 6.03. The molecule has 5 heteroatoms. The molecule has 0 radical (unpaired) electrons. The first kappa shape index (κ1) is 14.5. The lowest BCUT2D eigenvalue weighted by molar-refractivity contribution is 0.165. The number of piperidine rings is 1. The fourth-order valence-electron chi connectivity index (χ4n) is 2.53. The minimum absolute atomic E-state index is 0.0484. The van der Waals surface area contributed by atoms with Crippen molar-refractivity contribution in [3.63, 3.8) is 0 Å². The summed E-state index contributed by atoms with van der Waals surface area (Å²) < 4.78 is 26.3. The SMILES string of the molecule is Cc1cccc(CS(=O)(=O)N2CCCC(CO)C2)c1. The largest absolute Gasteiger partial charge is 0.396 e. The van der Waals surface area contributed by atoms with Gasteiger partial charge in [0.2, 0.25) is 10.0 Å². The molecule has 1 fully saturated rings. The minimum atomic E-state index is -3.27. The fraction of sp³-hybridized carbons (Fsp3) is 0.571. The molecular formula is C14H21NO3S. The van der Waals surface area contributed by atoms with Crippen LogP contribution in [0, 0.1) is 12.8 Å². The van der Waals surface area contributed by atoms with E-state index < -0.39 is 10.0 Å². The Labute approximate surface area is 115 Å². The van der Waals surface area contributed by atoms with Gasteiger partial charge in [0.15, 0.2) is 0 Å². The van der Waals surface area contributed by atoms with Crippen molar-refractivity contribution in [3.05, 3.63) is 35.4 Å². The summed E-state index contributed by atoms with van der Waals surface area (Å²) in [5.74, 6) is 0.133. The number of aliphatic hydroxyl groups is 1. The smallest absolute Gasteiger partial charge is 0.218 e. The van der Waals surface area contributed by atoms with Gasteiger partial charge in [-0.15, -0.1) is 0 Å². The summed E-state index contributed by atoms with van der Waals surface area (Å²) in [5.41, 5.74) is 1.89. The third kappa shape index (κ3) is 3.78. The molecule has 0 aromatic heterocycles. The quantitative estimate of drug-likeness (QED) is 0.911. The maximum absolute atomic E-state index is 12.4. The van der Waals surface area contributed by atoms with E-state index in [1.807, 2.05) is 31.2 Å². The van der Waals surface area contributed by atoms with E-state index >= 15 is 0 Å². The summed E-state index contributed by atoms with van der Waals surface area (Å²) in [5, 5.41) is 9.18. The van der Waals surface area contributed by atoms with Gasteiger partial charge in [0, 0.05) is 19.7 Å². The highest BCUT2D eigenvalue weighted by Crippen LogP contribution is 2.21. The Bertz CT molecular complexity index is 527. The van der Waals surface area contributed by atoms with Gasteiger partial charge in [0.25, 0.3) is 0 Å². The van der Waals surface area contributed by atoms with E-state index in [1.165, 1.54) is 4.31 Å². The van der Waals surface area contributed by atoms with Gasteiger partial charge < -0.3 is 5.11 Å². The molecule has 19 heavy (non-hydrogen) atoms. The number of nitrogens with zero attached hydrogens (tertiary/aromatic N) is 1. The van der Waals surface area contributed by atoms with E-state index in [0.717, 1.165) is 24.0 Å². The van der Waals surface area contributed by atoms with Crippen molar-refractivity contribution in [2.24, 2.45) is 5.92 Å². The number of aliphatic hydroxyl groups excluding tert-OH is 1. The molecule has 1 heterocycles. The topological polar surface area (TPSA) is 57.6 Å². The molecule has 1 aromatic carbocycles. The van der Waals surface area contributed by atoms with Crippen molar-refractivity contribution < 1.29 is 13.5 Å². The normalized spacial score (nSPS) is 21.5. The van der Waals surface area contributed by atoms with Gasteiger partial charge >= 0.3 is 0 Å². The zero-order valence-electron chi connectivity index (χ0n) is 11.2. The van der Waals surface area contributed by atoms with Gasteiger partial charge in [-0.2, -0.15) is 0 Å². The number of aryl methyl sites for hydroxylation is 1. The van der Waals surface area contributed by atoms with Crippen LogP contribution in [0.5, 0.6) is 0 Å². The molecule has 1 aromatic rings. The van der Waals surface area contributed by atoms with Crippen LogP contribution in [-0.2, 0) is 15.8 Å². The first-order chi connectivity index (χ1) is 9.01. The lowest BCUT2D eigenvalue weighted by atomic mass is 10.0. The van der Waals surface area contributed by atoms with Gasteiger partial charge in [-0.1, -0.05) is 29.8 Å². The van der Waals surface area contributed by atoms with Gasteiger partial charge in [-0.3, -0.25) is 0 Å². The average molecular weight is 283 g/mol. The van der Waals surface area contributed by atoms with Crippen LogP contribution in [-0.4, -0.2) is 37.5 Å². The van der Waals surface area contributed by atoms with Crippen LogP contribution in [0.1, 0.15) is 24.0 Å². The zero-order valence-corrected chi connectivity index (χ0v) is 12.1. The lowest BCUT2D eigenvalue weighted by Gasteiger charge is -2.31. The van der Waals surface area contributed by atoms with Gasteiger partial charge in [-0.25, -0.2) is 12.7 Å². The van der Waals surface area contributed by atoms with Crippen LogP contribution in [0.2, 0.25) is 0 Å². The van der Waals surface area contributed by atoms with E-state index in [1.54, 1.807) is 0 Å². The zero-order chi connectivity index (χ0) is 13.9. The Balaban J connectivity index is 2.09. The molecule has 1 aliphatic rings. The molecule has 1 unspecified atom stereocenters. The van der Waals surface area contributed by atoms with E-state index in [-0.39, 0.29) is 18.3 Å². The summed E-state index contributed by atoms with van der Waals surface area (Å²) in [6.07, 6.45) is 1.74. The molecular weight excluding hydrogens is 262 g/mol. The first-order valence-corrected chi connectivity index (χ1v) is 8.26. The van der Waals surface area contributed by atoms with Crippen molar-refractivity contribution in [2.45, 2.75) is 25.5 Å². The van der Waals surface area contributed by atoms with Crippen LogP contribution < -0.4 is 0 Å². The summed E-state index contributed by atoms with van der Waals surface area (Å²) >= 11 is 0. The first-order valence-electron chi connectivity index (χ1n) is 6.65. The van der Waals surface area contributed by atoms with E-state index in [2.05, 4.69) is 0 Å². The summed E-state index contributed by atoms with van der Waals surface area (Å²) in [6, 6.07) is 7.59. The van der Waals surface area contributed by atoms with Crippen molar-refractivity contribution >= 4 is 10.0 Å². The fourth-order valence-corrected chi connectivity index (χ4v) is 4.16. The minimum Gasteiger partial charge on any atom is -0.396 e. The van der Waals surface area contributed by atoms with Gasteiger partial charge in [0.05, 0.1) is 5.75 Å². The lowest BCUT2D eigenvalue weighted by Crippen LogP contribution is -2.41. The highest BCUT2D eigenvalue weighted by Gasteiger charge is 2.28. The maximum Gasteiger partial charge on any atom is 0.218 e. The maximum atomic E-state index is 12.4. The highest BCUT2D eigenvalue weighted by molar-refractivity contribution is 7.88. The predicted octanol–water partition coefficient (Wildman–Crippen LogP) is 1.53. The third-order valence-electron chi connectivity index (χ3n) is 3.56. The summed E-state index contributed by atoms with van der Waals surface area (Å²) in [4.78, 5) is 0. The number of hydrogen-bond donors (Lipinski definition) is 1. The van der Waals surface area contributed by atoms with Gasteiger partial charge in [0.1, 0.15) is 0 Å². The second-order valence-electron chi connectivity index (χ2n) is 5.29. The Morgan fingerprint density at radius 3 is 2.89 bits per heavy atom. The highest BCUT2D eigenvalue weighted by atomic mass is 32.2. The molecule has 1 atom stereocenters. The summed E-state index contributed by atoms with van der Waals surface area (Å²) in [6.45, 7) is 3.05. The van der Waals surface area contributed by atoms with E-state index in [0.29, 0.717) is 13.1 Å². The van der Waals surface area contributed by atoms with Gasteiger partial charge in [-0.05, 0) is 31.2 Å². The monoisotopic (exact) mass is 283 g/mol. The van der Waals surface area contributed by atoms with Crippen molar-refractivity contribution in [3.8, 4) is 0 Å². The molecule has 1 N–H and O–H groups in total.